The number of benzene rings is 2. The second-order valence-electron chi connectivity index (χ2n) is 6.96. The van der Waals surface area contributed by atoms with Gasteiger partial charge in [-0.1, -0.05) is 23.9 Å². The van der Waals surface area contributed by atoms with Crippen molar-refractivity contribution in [3.63, 3.8) is 0 Å². The number of carbonyl (C=O) groups excluding carboxylic acids is 3. The van der Waals surface area contributed by atoms with Gasteiger partial charge < -0.3 is 26.0 Å². The number of hydrogen-bond acceptors (Lipinski definition) is 6. The van der Waals surface area contributed by atoms with Crippen LogP contribution in [0, 0.1) is 5.82 Å². The number of carbonyl (C=O) groups is 3. The van der Waals surface area contributed by atoms with Crippen molar-refractivity contribution in [1.29, 1.82) is 0 Å². The number of aliphatic hydroxyl groups is 1. The third kappa shape index (κ3) is 6.89. The molecule has 9 nitrogen and oxygen atoms in total. The van der Waals surface area contributed by atoms with Crippen LogP contribution in [-0.2, 0) is 29.3 Å². The summed E-state index contributed by atoms with van der Waals surface area (Å²) in [6.45, 7) is -0.200. The van der Waals surface area contributed by atoms with Gasteiger partial charge in [0.05, 0.1) is 24.3 Å². The van der Waals surface area contributed by atoms with Gasteiger partial charge in [0.2, 0.25) is 17.7 Å². The normalized spacial score (nSPS) is 10.6. The molecule has 5 N–H and O–H groups in total. The van der Waals surface area contributed by atoms with Gasteiger partial charge in [-0.3, -0.25) is 14.4 Å². The Bertz CT molecular complexity index is 1130. The molecule has 2 aromatic carbocycles. The zero-order chi connectivity index (χ0) is 23.8. The molecule has 0 radical (unpaired) electrons. The average molecular weight is 472 g/mol. The first-order valence-electron chi connectivity index (χ1n) is 9.84. The Hall–Kier alpha value is -3.70. The summed E-state index contributed by atoms with van der Waals surface area (Å²) in [6.07, 6.45) is 1.44. The Morgan fingerprint density at radius 3 is 2.39 bits per heavy atom. The summed E-state index contributed by atoms with van der Waals surface area (Å²) in [5.74, 6) is -1.54. The lowest BCUT2D eigenvalue weighted by Crippen LogP contribution is -2.28. The topological polar surface area (TPSA) is 139 Å². The number of thioether (sulfide) groups is 1. The smallest absolute Gasteiger partial charge is 0.248 e. The van der Waals surface area contributed by atoms with Gasteiger partial charge in [0.1, 0.15) is 12.4 Å². The predicted molar refractivity (Wildman–Crippen MR) is 121 cm³/mol. The quantitative estimate of drug-likeness (QED) is 0.332. The van der Waals surface area contributed by atoms with Gasteiger partial charge in [-0.2, -0.15) is 0 Å². The highest BCUT2D eigenvalue weighted by molar-refractivity contribution is 7.99. The summed E-state index contributed by atoms with van der Waals surface area (Å²) in [5.41, 5.74) is 7.20. The summed E-state index contributed by atoms with van der Waals surface area (Å²) in [7, 11) is 0. The van der Waals surface area contributed by atoms with E-state index in [9.17, 15) is 23.9 Å². The molecular formula is C22H22FN5O4S. The minimum atomic E-state index is -0.559. The van der Waals surface area contributed by atoms with Crippen LogP contribution in [0.2, 0.25) is 0 Å². The zero-order valence-electron chi connectivity index (χ0n) is 17.5. The first-order valence-corrected chi connectivity index (χ1v) is 10.8. The number of halogens is 1. The number of nitrogens with one attached hydrogen (secondary N) is 2. The zero-order valence-corrected chi connectivity index (χ0v) is 18.3. The SMILES string of the molecule is NC(=O)c1ccc(NC(=O)CSc2ncc(CO)n2CC(=O)NCc2ccc(F)cc2)cc1. The van der Waals surface area contributed by atoms with Crippen molar-refractivity contribution in [2.45, 2.75) is 24.9 Å². The Kier molecular flexibility index (Phi) is 8.17. The standard InChI is InChI=1S/C22H22FN5O4S/c23-16-5-1-14(2-6-16)9-25-19(30)11-28-18(12-29)10-26-22(28)33-13-20(31)27-17-7-3-15(4-8-17)21(24)32/h1-8,10,29H,9,11-13H2,(H2,24,32)(H,25,30)(H,27,31). The van der Waals surface area contributed by atoms with E-state index in [1.807, 2.05) is 0 Å². The van der Waals surface area contributed by atoms with Gasteiger partial charge in [-0.25, -0.2) is 9.37 Å². The molecule has 0 aliphatic heterocycles. The number of imidazole rings is 1. The molecule has 0 aliphatic carbocycles. The summed E-state index contributed by atoms with van der Waals surface area (Å²) < 4.78 is 14.5. The molecule has 0 saturated carbocycles. The van der Waals surface area contributed by atoms with Crippen LogP contribution in [0.5, 0.6) is 0 Å². The maximum atomic E-state index is 13.0. The monoisotopic (exact) mass is 471 g/mol. The highest BCUT2D eigenvalue weighted by Crippen LogP contribution is 2.19. The second-order valence-corrected chi connectivity index (χ2v) is 7.90. The number of hydrogen-bond donors (Lipinski definition) is 4. The van der Waals surface area contributed by atoms with Crippen molar-refractivity contribution < 1.29 is 23.9 Å². The van der Waals surface area contributed by atoms with Crippen LogP contribution in [0.4, 0.5) is 10.1 Å². The number of anilines is 1. The Morgan fingerprint density at radius 2 is 1.76 bits per heavy atom. The number of rotatable bonds is 10. The summed E-state index contributed by atoms with van der Waals surface area (Å²) in [6, 6.07) is 11.9. The van der Waals surface area contributed by atoms with Gasteiger partial charge in [0.25, 0.3) is 0 Å². The van der Waals surface area contributed by atoms with Crippen LogP contribution in [0.1, 0.15) is 21.6 Å². The van der Waals surface area contributed by atoms with Crippen LogP contribution < -0.4 is 16.4 Å². The first-order chi connectivity index (χ1) is 15.9. The highest BCUT2D eigenvalue weighted by Gasteiger charge is 2.15. The number of aromatic nitrogens is 2. The van der Waals surface area contributed by atoms with E-state index in [-0.39, 0.29) is 43.1 Å². The van der Waals surface area contributed by atoms with Gasteiger partial charge in [-0.15, -0.1) is 0 Å². The van der Waals surface area contributed by atoms with E-state index in [4.69, 9.17) is 5.73 Å². The number of amides is 3. The fraction of sp³-hybridized carbons (Fsp3) is 0.182. The molecule has 1 heterocycles. The summed E-state index contributed by atoms with van der Waals surface area (Å²) in [4.78, 5) is 40.0. The fourth-order valence-electron chi connectivity index (χ4n) is 2.85. The van der Waals surface area contributed by atoms with Crippen molar-refractivity contribution in [3.8, 4) is 0 Å². The largest absolute Gasteiger partial charge is 0.390 e. The van der Waals surface area contributed by atoms with E-state index in [0.717, 1.165) is 17.3 Å². The van der Waals surface area contributed by atoms with E-state index in [1.54, 1.807) is 24.3 Å². The lowest BCUT2D eigenvalue weighted by molar-refractivity contribution is -0.122. The van der Waals surface area contributed by atoms with Crippen LogP contribution in [0.25, 0.3) is 0 Å². The molecule has 172 valence electrons. The molecule has 0 spiro atoms. The third-order valence-corrected chi connectivity index (χ3v) is 5.54. The van der Waals surface area contributed by atoms with Crippen molar-refractivity contribution in [2.75, 3.05) is 11.1 Å². The molecular weight excluding hydrogens is 449 g/mol. The lowest BCUT2D eigenvalue weighted by Gasteiger charge is -2.11. The molecule has 0 unspecified atom stereocenters. The fourth-order valence-corrected chi connectivity index (χ4v) is 3.65. The Labute approximate surface area is 193 Å². The van der Waals surface area contributed by atoms with E-state index in [1.165, 1.54) is 35.0 Å². The van der Waals surface area contributed by atoms with Gasteiger partial charge in [0, 0.05) is 17.8 Å². The second kappa shape index (κ2) is 11.2. The molecule has 11 heteroatoms. The van der Waals surface area contributed by atoms with E-state index >= 15 is 0 Å². The first kappa shape index (κ1) is 24.0. The predicted octanol–water partition coefficient (Wildman–Crippen LogP) is 1.66. The van der Waals surface area contributed by atoms with Crippen molar-refractivity contribution in [3.05, 3.63) is 77.4 Å². The molecule has 3 aromatic rings. The van der Waals surface area contributed by atoms with Crippen LogP contribution in [0.15, 0.2) is 59.9 Å². The van der Waals surface area contributed by atoms with E-state index < -0.39 is 5.91 Å². The minimum absolute atomic E-state index is 0.0106. The van der Waals surface area contributed by atoms with Crippen molar-refractivity contribution in [2.24, 2.45) is 5.73 Å². The third-order valence-electron chi connectivity index (χ3n) is 4.55. The molecule has 0 bridgehead atoms. The van der Waals surface area contributed by atoms with Crippen LogP contribution in [0.3, 0.4) is 0 Å². The molecule has 3 rings (SSSR count). The number of aliphatic hydroxyl groups excluding tert-OH is 1. The highest BCUT2D eigenvalue weighted by atomic mass is 32.2. The van der Waals surface area contributed by atoms with E-state index in [2.05, 4.69) is 15.6 Å². The Balaban J connectivity index is 1.55. The number of nitrogens with zero attached hydrogens (tertiary/aromatic N) is 2. The van der Waals surface area contributed by atoms with Gasteiger partial charge >= 0.3 is 0 Å². The van der Waals surface area contributed by atoms with Crippen molar-refractivity contribution >= 4 is 35.2 Å². The van der Waals surface area contributed by atoms with E-state index in [0.29, 0.717) is 22.1 Å². The Morgan fingerprint density at radius 1 is 1.06 bits per heavy atom. The maximum absolute atomic E-state index is 13.0. The molecule has 3 amide bonds. The molecule has 1 aromatic heterocycles. The van der Waals surface area contributed by atoms with Gasteiger partial charge in [0.15, 0.2) is 5.16 Å². The number of nitrogens with two attached hydrogens (primary N) is 1. The minimum Gasteiger partial charge on any atom is -0.390 e. The van der Waals surface area contributed by atoms with Gasteiger partial charge in [-0.05, 0) is 42.0 Å². The lowest BCUT2D eigenvalue weighted by atomic mass is 10.2. The summed E-state index contributed by atoms with van der Waals surface area (Å²) in [5, 5.41) is 15.4. The molecule has 0 aliphatic rings. The summed E-state index contributed by atoms with van der Waals surface area (Å²) >= 11 is 1.11. The number of primary amides is 1. The average Bonchev–Trinajstić information content (AvgIpc) is 3.19. The molecule has 33 heavy (non-hydrogen) atoms. The van der Waals surface area contributed by atoms with Crippen LogP contribution >= 0.6 is 11.8 Å². The van der Waals surface area contributed by atoms with Crippen molar-refractivity contribution in [1.82, 2.24) is 14.9 Å². The molecule has 0 fully saturated rings. The molecule has 0 saturated heterocycles. The maximum Gasteiger partial charge on any atom is 0.248 e. The molecule has 0 atom stereocenters. The van der Waals surface area contributed by atoms with Crippen LogP contribution in [-0.4, -0.2) is 38.1 Å².